The van der Waals surface area contributed by atoms with Crippen LogP contribution >= 0.6 is 23.4 Å². The molecule has 2 rings (SSSR count). The summed E-state index contributed by atoms with van der Waals surface area (Å²) in [6.07, 6.45) is -4.43. The van der Waals surface area contributed by atoms with Crippen molar-refractivity contribution in [3.05, 3.63) is 29.3 Å². The third kappa shape index (κ3) is 5.13. The van der Waals surface area contributed by atoms with Crippen LogP contribution in [0, 0.1) is 0 Å². The summed E-state index contributed by atoms with van der Waals surface area (Å²) in [5, 5.41) is 11.0. The lowest BCUT2D eigenvalue weighted by Gasteiger charge is -2.09. The van der Waals surface area contributed by atoms with Crippen molar-refractivity contribution in [1.82, 2.24) is 20.1 Å². The van der Waals surface area contributed by atoms with Gasteiger partial charge in [-0.05, 0) is 31.2 Å². The van der Waals surface area contributed by atoms with E-state index in [1.807, 2.05) is 12.2 Å². The van der Waals surface area contributed by atoms with Crippen LogP contribution in [0.1, 0.15) is 6.92 Å². The number of nitrogens with zero attached hydrogens (tertiary/aromatic N) is 3. The third-order valence-corrected chi connectivity index (χ3v) is 4.17. The SMILES string of the molecule is CCn1c(SCC(=O)NCC(F)(F)F)nnc1-c1ccc(Cl)cc1. The average molecular weight is 379 g/mol. The number of halogens is 4. The summed E-state index contributed by atoms with van der Waals surface area (Å²) >= 11 is 6.89. The first-order chi connectivity index (χ1) is 11.3. The van der Waals surface area contributed by atoms with Crippen molar-refractivity contribution in [3.8, 4) is 11.4 Å². The Bertz CT molecular complexity index is 703. The minimum Gasteiger partial charge on any atom is -0.346 e. The van der Waals surface area contributed by atoms with Crippen molar-refractivity contribution < 1.29 is 18.0 Å². The Morgan fingerprint density at radius 2 is 1.96 bits per heavy atom. The summed E-state index contributed by atoms with van der Waals surface area (Å²) in [6, 6.07) is 7.04. The largest absolute Gasteiger partial charge is 0.405 e. The predicted molar refractivity (Wildman–Crippen MR) is 85.9 cm³/mol. The molecule has 1 aromatic carbocycles. The van der Waals surface area contributed by atoms with E-state index in [-0.39, 0.29) is 5.75 Å². The standard InChI is InChI=1S/C14H14ClF3N4OS/c1-2-22-12(9-3-5-10(15)6-4-9)20-21-13(22)24-7-11(23)19-8-14(16,17)18/h3-6H,2,7-8H2,1H3,(H,19,23). The number of aromatic nitrogens is 3. The Labute approximate surface area is 145 Å². The van der Waals surface area contributed by atoms with Gasteiger partial charge in [0.1, 0.15) is 6.54 Å². The van der Waals surface area contributed by atoms with Crippen molar-refractivity contribution in [2.24, 2.45) is 0 Å². The first-order valence-electron chi connectivity index (χ1n) is 6.95. The molecule has 0 aliphatic rings. The number of thioether (sulfide) groups is 1. The summed E-state index contributed by atoms with van der Waals surface area (Å²) in [4.78, 5) is 11.5. The van der Waals surface area contributed by atoms with Gasteiger partial charge in [0.05, 0.1) is 5.75 Å². The normalized spacial score (nSPS) is 11.5. The molecule has 1 N–H and O–H groups in total. The van der Waals surface area contributed by atoms with E-state index in [2.05, 4.69) is 10.2 Å². The van der Waals surface area contributed by atoms with Crippen molar-refractivity contribution >= 4 is 29.3 Å². The highest BCUT2D eigenvalue weighted by Gasteiger charge is 2.27. The number of carbonyl (C=O) groups is 1. The lowest BCUT2D eigenvalue weighted by molar-refractivity contribution is -0.136. The Morgan fingerprint density at radius 1 is 1.29 bits per heavy atom. The van der Waals surface area contributed by atoms with E-state index in [1.165, 1.54) is 0 Å². The average Bonchev–Trinajstić information content (AvgIpc) is 2.94. The molecule has 1 heterocycles. The number of benzene rings is 1. The van der Waals surface area contributed by atoms with Crippen LogP contribution in [0.5, 0.6) is 0 Å². The molecule has 0 unspecified atom stereocenters. The van der Waals surface area contributed by atoms with Gasteiger partial charge >= 0.3 is 6.18 Å². The molecule has 0 spiro atoms. The molecule has 0 bridgehead atoms. The van der Waals surface area contributed by atoms with Gasteiger partial charge in [-0.15, -0.1) is 10.2 Å². The smallest absolute Gasteiger partial charge is 0.346 e. The molecule has 0 aliphatic carbocycles. The quantitative estimate of drug-likeness (QED) is 0.783. The van der Waals surface area contributed by atoms with E-state index in [1.54, 1.807) is 28.8 Å². The predicted octanol–water partition coefficient (Wildman–Crippen LogP) is 3.39. The van der Waals surface area contributed by atoms with Gasteiger partial charge in [-0.2, -0.15) is 13.2 Å². The number of amides is 1. The zero-order valence-corrected chi connectivity index (χ0v) is 14.2. The summed E-state index contributed by atoms with van der Waals surface area (Å²) in [6.45, 7) is 1.09. The molecule has 130 valence electrons. The van der Waals surface area contributed by atoms with Gasteiger partial charge in [0.2, 0.25) is 5.91 Å². The van der Waals surface area contributed by atoms with Gasteiger partial charge < -0.3 is 9.88 Å². The second-order valence-corrected chi connectivity index (χ2v) is 6.12. The first kappa shape index (κ1) is 18.6. The van der Waals surface area contributed by atoms with E-state index in [0.29, 0.717) is 22.5 Å². The molecule has 2 aromatic rings. The topological polar surface area (TPSA) is 59.8 Å². The maximum Gasteiger partial charge on any atom is 0.405 e. The number of rotatable bonds is 6. The molecular formula is C14H14ClF3N4OS. The number of alkyl halides is 3. The first-order valence-corrected chi connectivity index (χ1v) is 8.32. The van der Waals surface area contributed by atoms with Gasteiger partial charge in [-0.3, -0.25) is 4.79 Å². The Balaban J connectivity index is 2.04. The van der Waals surface area contributed by atoms with Crippen LogP contribution in [-0.2, 0) is 11.3 Å². The Hall–Kier alpha value is -1.74. The van der Waals surface area contributed by atoms with Crippen molar-refractivity contribution in [1.29, 1.82) is 0 Å². The summed E-state index contributed by atoms with van der Waals surface area (Å²) in [5.74, 6) is -0.280. The molecule has 0 radical (unpaired) electrons. The fraction of sp³-hybridized carbons (Fsp3) is 0.357. The van der Waals surface area contributed by atoms with E-state index < -0.39 is 18.6 Å². The van der Waals surface area contributed by atoms with Crippen LogP contribution in [0.25, 0.3) is 11.4 Å². The number of hydrogen-bond acceptors (Lipinski definition) is 4. The molecule has 0 aliphatic heterocycles. The third-order valence-electron chi connectivity index (χ3n) is 2.95. The lowest BCUT2D eigenvalue weighted by Crippen LogP contribution is -2.34. The molecule has 10 heteroatoms. The molecule has 24 heavy (non-hydrogen) atoms. The summed E-state index contributed by atoms with van der Waals surface area (Å²) in [5.41, 5.74) is 0.808. The minimum atomic E-state index is -4.43. The van der Waals surface area contributed by atoms with Crippen molar-refractivity contribution in [3.63, 3.8) is 0 Å². The van der Waals surface area contributed by atoms with E-state index in [0.717, 1.165) is 17.3 Å². The van der Waals surface area contributed by atoms with Gasteiger partial charge in [-0.1, -0.05) is 23.4 Å². The highest BCUT2D eigenvalue weighted by Crippen LogP contribution is 2.25. The molecule has 0 saturated heterocycles. The van der Waals surface area contributed by atoms with Crippen LogP contribution in [0.3, 0.4) is 0 Å². The second-order valence-electron chi connectivity index (χ2n) is 4.74. The van der Waals surface area contributed by atoms with Gasteiger partial charge in [0, 0.05) is 17.1 Å². The number of nitrogens with one attached hydrogen (secondary N) is 1. The van der Waals surface area contributed by atoms with Crippen LogP contribution in [0.2, 0.25) is 5.02 Å². The van der Waals surface area contributed by atoms with E-state index in [9.17, 15) is 18.0 Å². The minimum absolute atomic E-state index is 0.172. The van der Waals surface area contributed by atoms with E-state index >= 15 is 0 Å². The Morgan fingerprint density at radius 3 is 2.54 bits per heavy atom. The lowest BCUT2D eigenvalue weighted by atomic mass is 10.2. The van der Waals surface area contributed by atoms with Crippen LogP contribution in [0.4, 0.5) is 13.2 Å². The fourth-order valence-corrected chi connectivity index (χ4v) is 2.83. The van der Waals surface area contributed by atoms with Crippen LogP contribution in [-0.4, -0.2) is 39.1 Å². The molecule has 5 nitrogen and oxygen atoms in total. The van der Waals surface area contributed by atoms with Gasteiger partial charge in [-0.25, -0.2) is 0 Å². The highest BCUT2D eigenvalue weighted by molar-refractivity contribution is 7.99. The molecular weight excluding hydrogens is 365 g/mol. The molecule has 0 saturated carbocycles. The monoisotopic (exact) mass is 378 g/mol. The number of carbonyl (C=O) groups excluding carboxylic acids is 1. The highest BCUT2D eigenvalue weighted by atomic mass is 35.5. The maximum atomic E-state index is 12.1. The Kier molecular flexibility index (Phi) is 6.11. The fourth-order valence-electron chi connectivity index (χ4n) is 1.87. The zero-order valence-electron chi connectivity index (χ0n) is 12.6. The molecule has 0 fully saturated rings. The summed E-state index contributed by atoms with van der Waals surface area (Å²) in [7, 11) is 0. The summed E-state index contributed by atoms with van der Waals surface area (Å²) < 4.78 is 38.0. The van der Waals surface area contributed by atoms with Gasteiger partial charge in [0.25, 0.3) is 0 Å². The maximum absolute atomic E-state index is 12.1. The van der Waals surface area contributed by atoms with E-state index in [4.69, 9.17) is 11.6 Å². The molecule has 0 atom stereocenters. The second kappa shape index (κ2) is 7.89. The van der Waals surface area contributed by atoms with Gasteiger partial charge in [0.15, 0.2) is 11.0 Å². The van der Waals surface area contributed by atoms with Crippen molar-refractivity contribution in [2.75, 3.05) is 12.3 Å². The molecule has 1 aromatic heterocycles. The van der Waals surface area contributed by atoms with Crippen LogP contribution < -0.4 is 5.32 Å². The van der Waals surface area contributed by atoms with Crippen molar-refractivity contribution in [2.45, 2.75) is 24.8 Å². The zero-order chi connectivity index (χ0) is 17.7. The van der Waals surface area contributed by atoms with Crippen LogP contribution in [0.15, 0.2) is 29.4 Å². The molecule has 1 amide bonds. The number of hydrogen-bond donors (Lipinski definition) is 1.